The lowest BCUT2D eigenvalue weighted by molar-refractivity contribution is -0.128. The van der Waals surface area contributed by atoms with Crippen LogP contribution in [0.5, 0.6) is 0 Å². The van der Waals surface area contributed by atoms with Crippen LogP contribution in [0.1, 0.15) is 33.1 Å². The van der Waals surface area contributed by atoms with E-state index in [1.165, 1.54) is 29.2 Å². The Hall–Kier alpha value is -3.20. The Labute approximate surface area is 144 Å². The average Bonchev–Trinajstić information content (AvgIpc) is 2.61. The number of aryl methyl sites for hydroxylation is 1. The molecule has 1 unspecified atom stereocenters. The molecule has 0 aliphatic carbocycles. The maximum atomic E-state index is 13.4. The quantitative estimate of drug-likeness (QED) is 0.914. The molecular weight excluding hydrogens is 321 g/mol. The van der Waals surface area contributed by atoms with Gasteiger partial charge >= 0.3 is 0 Å². The topological polar surface area (TPSA) is 73.2 Å². The summed E-state index contributed by atoms with van der Waals surface area (Å²) in [5, 5.41) is 11.8. The first-order valence-corrected chi connectivity index (χ1v) is 7.86. The van der Waals surface area contributed by atoms with Crippen LogP contribution in [0.3, 0.4) is 0 Å². The molecule has 1 heterocycles. The number of carbonyl (C=O) groups excluding carboxylic acids is 2. The van der Waals surface area contributed by atoms with E-state index in [2.05, 4.69) is 5.32 Å². The fourth-order valence-electron chi connectivity index (χ4n) is 3.03. The zero-order valence-electron chi connectivity index (χ0n) is 13.6. The third kappa shape index (κ3) is 3.22. The Morgan fingerprint density at radius 2 is 2.12 bits per heavy atom. The second-order valence-corrected chi connectivity index (χ2v) is 5.89. The summed E-state index contributed by atoms with van der Waals surface area (Å²) in [6.45, 7) is 2.39. The van der Waals surface area contributed by atoms with Gasteiger partial charge in [0, 0.05) is 18.7 Å². The van der Waals surface area contributed by atoms with Gasteiger partial charge in [0.2, 0.25) is 5.91 Å². The minimum absolute atomic E-state index is 0.300. The Morgan fingerprint density at radius 3 is 2.84 bits per heavy atom. The lowest BCUT2D eigenvalue weighted by Crippen LogP contribution is -2.52. The molecule has 1 N–H and O–H groups in total. The number of hydrogen-bond acceptors (Lipinski definition) is 3. The van der Waals surface area contributed by atoms with Gasteiger partial charge in [0.1, 0.15) is 11.9 Å². The highest BCUT2D eigenvalue weighted by Gasteiger charge is 2.35. The summed E-state index contributed by atoms with van der Waals surface area (Å²) in [6.07, 6.45) is 0. The van der Waals surface area contributed by atoms with Crippen LogP contribution in [0.15, 0.2) is 42.5 Å². The summed E-state index contributed by atoms with van der Waals surface area (Å²) in [4.78, 5) is 26.9. The van der Waals surface area contributed by atoms with Crippen molar-refractivity contribution in [3.63, 3.8) is 0 Å². The van der Waals surface area contributed by atoms with Gasteiger partial charge in [-0.25, -0.2) is 4.39 Å². The lowest BCUT2D eigenvalue weighted by Gasteiger charge is -2.36. The van der Waals surface area contributed by atoms with Gasteiger partial charge in [0.25, 0.3) is 5.91 Å². The summed E-state index contributed by atoms with van der Waals surface area (Å²) in [5.41, 5.74) is 1.91. The molecule has 6 heteroatoms. The minimum Gasteiger partial charge on any atom is -0.352 e. The molecule has 0 aromatic heterocycles. The Bertz CT molecular complexity index is 888. The van der Waals surface area contributed by atoms with Gasteiger partial charge in [-0.2, -0.15) is 5.26 Å². The maximum Gasteiger partial charge on any atom is 0.254 e. The van der Waals surface area contributed by atoms with Crippen molar-refractivity contribution >= 4 is 11.8 Å². The number of rotatable bonds is 2. The molecule has 0 saturated carbocycles. The first-order valence-electron chi connectivity index (χ1n) is 7.86. The number of nitriles is 1. The van der Waals surface area contributed by atoms with E-state index in [0.29, 0.717) is 35.3 Å². The summed E-state index contributed by atoms with van der Waals surface area (Å²) in [6, 6.07) is 11.7. The highest BCUT2D eigenvalue weighted by Crippen LogP contribution is 2.28. The van der Waals surface area contributed by atoms with Gasteiger partial charge in [-0.3, -0.25) is 9.59 Å². The number of nitrogens with zero attached hydrogens (tertiary/aromatic N) is 2. The molecule has 126 valence electrons. The van der Waals surface area contributed by atoms with Crippen molar-refractivity contribution in [1.29, 1.82) is 5.26 Å². The zero-order valence-corrected chi connectivity index (χ0v) is 13.6. The highest BCUT2D eigenvalue weighted by atomic mass is 19.1. The molecule has 5 nitrogen and oxygen atoms in total. The fourth-order valence-corrected chi connectivity index (χ4v) is 3.03. The van der Waals surface area contributed by atoms with Gasteiger partial charge < -0.3 is 10.2 Å². The molecule has 2 aromatic carbocycles. The molecular formula is C19H16FN3O2. The lowest BCUT2D eigenvalue weighted by atomic mass is 9.96. The molecule has 0 spiro atoms. The van der Waals surface area contributed by atoms with E-state index < -0.39 is 11.9 Å². The first kappa shape index (κ1) is 16.7. The van der Waals surface area contributed by atoms with Crippen molar-refractivity contribution in [2.75, 3.05) is 13.1 Å². The number of halogens is 1. The molecule has 0 radical (unpaired) electrons. The summed E-state index contributed by atoms with van der Waals surface area (Å²) >= 11 is 0. The predicted octanol–water partition coefficient (Wildman–Crippen LogP) is 2.32. The summed E-state index contributed by atoms with van der Waals surface area (Å²) in [5.74, 6) is -1.02. The van der Waals surface area contributed by atoms with Crippen molar-refractivity contribution in [1.82, 2.24) is 10.2 Å². The third-order valence-electron chi connectivity index (χ3n) is 4.24. The van der Waals surface area contributed by atoms with Gasteiger partial charge in [-0.1, -0.05) is 12.1 Å². The van der Waals surface area contributed by atoms with Crippen LogP contribution >= 0.6 is 0 Å². The van der Waals surface area contributed by atoms with Crippen LogP contribution in [0.25, 0.3) is 0 Å². The minimum atomic E-state index is -0.826. The maximum absolute atomic E-state index is 13.4. The summed E-state index contributed by atoms with van der Waals surface area (Å²) < 4.78 is 13.4. The standard InChI is InChI=1S/C19H16FN3O2/c1-12-9-15(20)5-6-16(12)17-18(24)22-7-8-23(17)19(25)14-4-2-3-13(10-14)11-21/h2-6,9-10,17H,7-8H2,1H3,(H,22,24). The molecule has 1 atom stereocenters. The van der Waals surface area contributed by atoms with Crippen molar-refractivity contribution in [2.45, 2.75) is 13.0 Å². The number of hydrogen-bond donors (Lipinski definition) is 1. The van der Waals surface area contributed by atoms with E-state index in [0.717, 1.165) is 0 Å². The third-order valence-corrected chi connectivity index (χ3v) is 4.24. The Balaban J connectivity index is 2.01. The molecule has 25 heavy (non-hydrogen) atoms. The van der Waals surface area contributed by atoms with Crippen molar-refractivity contribution in [3.8, 4) is 6.07 Å². The van der Waals surface area contributed by atoms with Crippen LogP contribution in [0, 0.1) is 24.1 Å². The second-order valence-electron chi connectivity index (χ2n) is 5.89. The monoisotopic (exact) mass is 337 g/mol. The SMILES string of the molecule is Cc1cc(F)ccc1C1C(=O)NCCN1C(=O)c1cccc(C#N)c1. The smallest absolute Gasteiger partial charge is 0.254 e. The Kier molecular flexibility index (Phi) is 4.48. The van der Waals surface area contributed by atoms with Crippen LogP contribution in [-0.2, 0) is 4.79 Å². The number of piperazine rings is 1. The fraction of sp³-hybridized carbons (Fsp3) is 0.211. The highest BCUT2D eigenvalue weighted by molar-refractivity contribution is 5.98. The van der Waals surface area contributed by atoms with Crippen molar-refractivity contribution < 1.29 is 14.0 Å². The molecule has 2 amide bonds. The Morgan fingerprint density at radius 1 is 1.32 bits per heavy atom. The molecule has 2 aromatic rings. The van der Waals surface area contributed by atoms with E-state index in [9.17, 15) is 14.0 Å². The molecule has 1 saturated heterocycles. The molecule has 1 aliphatic rings. The number of nitrogens with one attached hydrogen (secondary N) is 1. The normalized spacial score (nSPS) is 16.9. The van der Waals surface area contributed by atoms with Gasteiger partial charge in [-0.05, 0) is 48.4 Å². The van der Waals surface area contributed by atoms with Crippen LogP contribution < -0.4 is 5.32 Å². The predicted molar refractivity (Wildman–Crippen MR) is 89.1 cm³/mol. The molecule has 1 aliphatic heterocycles. The van der Waals surface area contributed by atoms with Gasteiger partial charge in [0.05, 0.1) is 11.6 Å². The second kappa shape index (κ2) is 6.73. The zero-order chi connectivity index (χ0) is 18.0. The van der Waals surface area contributed by atoms with E-state index >= 15 is 0 Å². The molecule has 1 fully saturated rings. The number of carbonyl (C=O) groups is 2. The largest absolute Gasteiger partial charge is 0.352 e. The van der Waals surface area contributed by atoms with Crippen molar-refractivity contribution in [2.24, 2.45) is 0 Å². The first-order chi connectivity index (χ1) is 12.0. The van der Waals surface area contributed by atoms with E-state index in [1.54, 1.807) is 25.1 Å². The number of benzene rings is 2. The van der Waals surface area contributed by atoms with Crippen LogP contribution in [-0.4, -0.2) is 29.8 Å². The van der Waals surface area contributed by atoms with E-state index in [1.807, 2.05) is 6.07 Å². The van der Waals surface area contributed by atoms with Crippen LogP contribution in [0.4, 0.5) is 4.39 Å². The van der Waals surface area contributed by atoms with Crippen molar-refractivity contribution in [3.05, 3.63) is 70.5 Å². The summed E-state index contributed by atoms with van der Waals surface area (Å²) in [7, 11) is 0. The molecule has 3 rings (SSSR count). The van der Waals surface area contributed by atoms with E-state index in [-0.39, 0.29) is 11.8 Å². The van der Waals surface area contributed by atoms with Gasteiger partial charge in [-0.15, -0.1) is 0 Å². The average molecular weight is 337 g/mol. The van der Waals surface area contributed by atoms with E-state index in [4.69, 9.17) is 5.26 Å². The number of amides is 2. The van der Waals surface area contributed by atoms with Crippen LogP contribution in [0.2, 0.25) is 0 Å². The van der Waals surface area contributed by atoms with Gasteiger partial charge in [0.15, 0.2) is 0 Å². The molecule has 0 bridgehead atoms.